The number of aryl methyl sites for hydroxylation is 1. The van der Waals surface area contributed by atoms with E-state index < -0.39 is 0 Å². The summed E-state index contributed by atoms with van der Waals surface area (Å²) in [6, 6.07) is 11.4. The van der Waals surface area contributed by atoms with Gasteiger partial charge in [0.15, 0.2) is 5.82 Å². The third-order valence-electron chi connectivity index (χ3n) is 3.33. The second-order valence-corrected chi connectivity index (χ2v) is 5.56. The Morgan fingerprint density at radius 1 is 1.05 bits per heavy atom. The zero-order valence-electron chi connectivity index (χ0n) is 11.6. The largest absolute Gasteiger partial charge is 0.373 e. The molecule has 2 aromatic carbocycles. The third kappa shape index (κ3) is 2.55. The van der Waals surface area contributed by atoms with E-state index in [1.165, 1.54) is 0 Å². The summed E-state index contributed by atoms with van der Waals surface area (Å²) in [4.78, 5) is 9.17. The second kappa shape index (κ2) is 5.51. The van der Waals surface area contributed by atoms with Crippen LogP contribution in [0.1, 0.15) is 5.56 Å². The maximum atomic E-state index is 6.38. The SMILES string of the molecule is CNc1nc(-c2cccc(C)c2Cl)nc2ccc(Cl)cc12. The lowest BCUT2D eigenvalue weighted by molar-refractivity contribution is 1.21. The third-order valence-corrected chi connectivity index (χ3v) is 4.06. The van der Waals surface area contributed by atoms with Crippen molar-refractivity contribution in [2.24, 2.45) is 0 Å². The number of benzene rings is 2. The molecule has 0 saturated heterocycles. The van der Waals surface area contributed by atoms with E-state index in [1.54, 1.807) is 0 Å². The number of halogens is 2. The molecular formula is C16H13Cl2N3. The van der Waals surface area contributed by atoms with Crippen molar-refractivity contribution >= 4 is 39.9 Å². The predicted octanol–water partition coefficient (Wildman–Crippen LogP) is 4.95. The Kier molecular flexibility index (Phi) is 3.70. The number of hydrogen-bond acceptors (Lipinski definition) is 3. The van der Waals surface area contributed by atoms with Gasteiger partial charge in [-0.2, -0.15) is 0 Å². The maximum absolute atomic E-state index is 6.38. The average molecular weight is 318 g/mol. The lowest BCUT2D eigenvalue weighted by Gasteiger charge is -2.10. The zero-order chi connectivity index (χ0) is 15.0. The zero-order valence-corrected chi connectivity index (χ0v) is 13.1. The van der Waals surface area contributed by atoms with E-state index in [2.05, 4.69) is 15.3 Å². The molecular weight excluding hydrogens is 305 g/mol. The van der Waals surface area contributed by atoms with Crippen LogP contribution in [-0.4, -0.2) is 17.0 Å². The molecule has 0 aliphatic heterocycles. The number of rotatable bonds is 2. The van der Waals surface area contributed by atoms with Crippen LogP contribution in [-0.2, 0) is 0 Å². The van der Waals surface area contributed by atoms with Gasteiger partial charge in [0, 0.05) is 23.0 Å². The highest BCUT2D eigenvalue weighted by molar-refractivity contribution is 6.34. The van der Waals surface area contributed by atoms with Crippen LogP contribution < -0.4 is 5.32 Å². The van der Waals surface area contributed by atoms with Crippen molar-refractivity contribution < 1.29 is 0 Å². The first-order chi connectivity index (χ1) is 10.1. The van der Waals surface area contributed by atoms with Crippen LogP contribution in [0.4, 0.5) is 5.82 Å². The van der Waals surface area contributed by atoms with Crippen LogP contribution in [0.25, 0.3) is 22.3 Å². The summed E-state index contributed by atoms with van der Waals surface area (Å²) in [5, 5.41) is 5.31. The highest BCUT2D eigenvalue weighted by atomic mass is 35.5. The molecule has 0 saturated carbocycles. The van der Waals surface area contributed by atoms with E-state index >= 15 is 0 Å². The van der Waals surface area contributed by atoms with Crippen molar-refractivity contribution in [1.82, 2.24) is 9.97 Å². The molecule has 0 spiro atoms. The fourth-order valence-electron chi connectivity index (χ4n) is 2.23. The van der Waals surface area contributed by atoms with E-state index in [0.717, 1.165) is 27.8 Å². The van der Waals surface area contributed by atoms with Crippen molar-refractivity contribution in [3.8, 4) is 11.4 Å². The van der Waals surface area contributed by atoms with Crippen molar-refractivity contribution in [3.05, 3.63) is 52.0 Å². The number of nitrogens with one attached hydrogen (secondary N) is 1. The molecule has 0 radical (unpaired) electrons. The highest BCUT2D eigenvalue weighted by Crippen LogP contribution is 2.31. The summed E-state index contributed by atoms with van der Waals surface area (Å²) in [5.41, 5.74) is 2.65. The van der Waals surface area contributed by atoms with Gasteiger partial charge in [-0.05, 0) is 36.8 Å². The summed E-state index contributed by atoms with van der Waals surface area (Å²) < 4.78 is 0. The smallest absolute Gasteiger partial charge is 0.163 e. The van der Waals surface area contributed by atoms with Crippen LogP contribution >= 0.6 is 23.2 Å². The molecule has 0 amide bonds. The normalized spacial score (nSPS) is 10.9. The van der Waals surface area contributed by atoms with Crippen molar-refractivity contribution in [1.29, 1.82) is 0 Å². The summed E-state index contributed by atoms with van der Waals surface area (Å²) in [5.74, 6) is 1.33. The molecule has 21 heavy (non-hydrogen) atoms. The fraction of sp³-hybridized carbons (Fsp3) is 0.125. The van der Waals surface area contributed by atoms with Gasteiger partial charge < -0.3 is 5.32 Å². The van der Waals surface area contributed by atoms with Crippen LogP contribution in [0.3, 0.4) is 0 Å². The molecule has 0 aliphatic carbocycles. The average Bonchev–Trinajstić information content (AvgIpc) is 2.49. The number of anilines is 1. The quantitative estimate of drug-likeness (QED) is 0.726. The van der Waals surface area contributed by atoms with Gasteiger partial charge in [0.2, 0.25) is 0 Å². The van der Waals surface area contributed by atoms with Crippen LogP contribution in [0, 0.1) is 6.92 Å². The van der Waals surface area contributed by atoms with Gasteiger partial charge in [-0.1, -0.05) is 35.3 Å². The summed E-state index contributed by atoms with van der Waals surface area (Å²) in [6.07, 6.45) is 0. The number of aromatic nitrogens is 2. The molecule has 0 fully saturated rings. The molecule has 0 unspecified atom stereocenters. The molecule has 3 nitrogen and oxygen atoms in total. The number of hydrogen-bond donors (Lipinski definition) is 1. The topological polar surface area (TPSA) is 37.8 Å². The van der Waals surface area contributed by atoms with Crippen molar-refractivity contribution in [3.63, 3.8) is 0 Å². The Balaban J connectivity index is 2.29. The van der Waals surface area contributed by atoms with Gasteiger partial charge in [0.1, 0.15) is 5.82 Å². The van der Waals surface area contributed by atoms with Crippen LogP contribution in [0.5, 0.6) is 0 Å². The van der Waals surface area contributed by atoms with E-state index in [0.29, 0.717) is 15.9 Å². The van der Waals surface area contributed by atoms with Gasteiger partial charge >= 0.3 is 0 Å². The summed E-state index contributed by atoms with van der Waals surface area (Å²) >= 11 is 12.4. The summed E-state index contributed by atoms with van der Waals surface area (Å²) in [7, 11) is 1.82. The lowest BCUT2D eigenvalue weighted by Crippen LogP contribution is -1.99. The van der Waals surface area contributed by atoms with E-state index in [9.17, 15) is 0 Å². The molecule has 3 aromatic rings. The number of fused-ring (bicyclic) bond motifs is 1. The van der Waals surface area contributed by atoms with E-state index in [1.807, 2.05) is 50.4 Å². The van der Waals surface area contributed by atoms with Gasteiger partial charge in [-0.3, -0.25) is 0 Å². The molecule has 1 N–H and O–H groups in total. The first-order valence-electron chi connectivity index (χ1n) is 6.50. The van der Waals surface area contributed by atoms with Crippen LogP contribution in [0.2, 0.25) is 10.0 Å². The minimum absolute atomic E-state index is 0.600. The van der Waals surface area contributed by atoms with Gasteiger partial charge in [0.25, 0.3) is 0 Å². The Bertz CT molecular complexity index is 831. The molecule has 3 rings (SSSR count). The van der Waals surface area contributed by atoms with Gasteiger partial charge in [0.05, 0.1) is 10.5 Å². The van der Waals surface area contributed by atoms with Crippen molar-refractivity contribution in [2.45, 2.75) is 6.92 Å². The molecule has 1 heterocycles. The molecule has 0 atom stereocenters. The monoisotopic (exact) mass is 317 g/mol. The van der Waals surface area contributed by atoms with E-state index in [4.69, 9.17) is 23.2 Å². The number of nitrogens with zero attached hydrogens (tertiary/aromatic N) is 2. The van der Waals surface area contributed by atoms with E-state index in [-0.39, 0.29) is 0 Å². The minimum atomic E-state index is 0.600. The highest BCUT2D eigenvalue weighted by Gasteiger charge is 2.12. The Labute approximate surface area is 132 Å². The standard InChI is InChI=1S/C16H13Cl2N3/c1-9-4-3-5-11(14(9)18)16-20-13-7-6-10(17)8-12(13)15(19-2)21-16/h3-8H,1-2H3,(H,19,20,21). The Morgan fingerprint density at radius 2 is 1.86 bits per heavy atom. The summed E-state index contributed by atoms with van der Waals surface area (Å²) in [6.45, 7) is 1.96. The van der Waals surface area contributed by atoms with Gasteiger partial charge in [-0.25, -0.2) is 9.97 Å². The van der Waals surface area contributed by atoms with Crippen molar-refractivity contribution in [2.75, 3.05) is 12.4 Å². The molecule has 5 heteroatoms. The molecule has 0 bridgehead atoms. The maximum Gasteiger partial charge on any atom is 0.163 e. The first kappa shape index (κ1) is 14.1. The molecule has 106 valence electrons. The Morgan fingerprint density at radius 3 is 2.62 bits per heavy atom. The molecule has 0 aliphatic rings. The molecule has 1 aromatic heterocycles. The Hall–Kier alpha value is -1.84. The predicted molar refractivity (Wildman–Crippen MR) is 89.3 cm³/mol. The fourth-order valence-corrected chi connectivity index (χ4v) is 2.61. The van der Waals surface area contributed by atoms with Crippen LogP contribution in [0.15, 0.2) is 36.4 Å². The lowest BCUT2D eigenvalue weighted by atomic mass is 10.1. The minimum Gasteiger partial charge on any atom is -0.373 e. The second-order valence-electron chi connectivity index (χ2n) is 4.74. The van der Waals surface area contributed by atoms with Gasteiger partial charge in [-0.15, -0.1) is 0 Å². The first-order valence-corrected chi connectivity index (χ1v) is 7.26.